The average Bonchev–Trinajstić information content (AvgIpc) is 2.84. The van der Waals surface area contributed by atoms with E-state index >= 15 is 0 Å². The first kappa shape index (κ1) is 23.1. The number of carboxylic acid groups (broad SMARTS) is 1. The van der Waals surface area contributed by atoms with Crippen LogP contribution in [0.25, 0.3) is 0 Å². The van der Waals surface area contributed by atoms with Gasteiger partial charge in [0.05, 0.1) is 7.11 Å². The Morgan fingerprint density at radius 2 is 1.79 bits per heavy atom. The van der Waals surface area contributed by atoms with Crippen molar-refractivity contribution in [3.05, 3.63) is 63.1 Å². The van der Waals surface area contributed by atoms with E-state index in [0.717, 1.165) is 49.8 Å². The molecule has 2 aliphatic rings. The van der Waals surface area contributed by atoms with Crippen LogP contribution < -0.4 is 15.6 Å². The summed E-state index contributed by atoms with van der Waals surface area (Å²) in [5, 5.41) is 12.3. The van der Waals surface area contributed by atoms with Crippen LogP contribution in [-0.2, 0) is 24.2 Å². The van der Waals surface area contributed by atoms with E-state index in [0.29, 0.717) is 23.8 Å². The normalized spacial score (nSPS) is 17.1. The molecule has 0 aliphatic heterocycles. The molecule has 4 rings (SSSR count). The van der Waals surface area contributed by atoms with Crippen molar-refractivity contribution in [3.63, 3.8) is 0 Å². The zero-order valence-corrected chi connectivity index (χ0v) is 19.1. The second-order valence-corrected chi connectivity index (χ2v) is 9.17. The molecule has 7 heteroatoms. The Morgan fingerprint density at radius 1 is 1.09 bits per heavy atom. The summed E-state index contributed by atoms with van der Waals surface area (Å²) >= 11 is 0. The maximum Gasteiger partial charge on any atom is 0.330 e. The predicted octanol–water partition coefficient (Wildman–Crippen LogP) is 3.87. The zero-order valence-electron chi connectivity index (χ0n) is 19.1. The highest BCUT2D eigenvalue weighted by atomic mass is 16.5. The molecule has 1 unspecified atom stereocenters. The van der Waals surface area contributed by atoms with Gasteiger partial charge >= 0.3 is 5.97 Å². The minimum Gasteiger partial charge on any atom is -0.497 e. The highest BCUT2D eigenvalue weighted by Gasteiger charge is 2.27. The van der Waals surface area contributed by atoms with Crippen LogP contribution in [0.3, 0.4) is 0 Å². The molecule has 2 aliphatic carbocycles. The highest BCUT2D eigenvalue weighted by molar-refractivity contribution is 5.96. The maximum absolute atomic E-state index is 13.5. The van der Waals surface area contributed by atoms with Gasteiger partial charge < -0.3 is 19.7 Å². The molecule has 2 N–H and O–H groups in total. The molecule has 1 aromatic carbocycles. The summed E-state index contributed by atoms with van der Waals surface area (Å²) in [7, 11) is 1.53. The molecule has 0 saturated heterocycles. The van der Waals surface area contributed by atoms with Gasteiger partial charge in [0.25, 0.3) is 11.5 Å². The van der Waals surface area contributed by atoms with E-state index in [4.69, 9.17) is 4.74 Å². The number of hydrogen-bond donors (Lipinski definition) is 2. The Morgan fingerprint density at radius 3 is 2.45 bits per heavy atom. The van der Waals surface area contributed by atoms with Crippen molar-refractivity contribution < 1.29 is 19.4 Å². The zero-order chi connectivity index (χ0) is 23.4. The van der Waals surface area contributed by atoms with Crippen LogP contribution >= 0.6 is 0 Å². The number of nitrogens with one attached hydrogen (secondary N) is 1. The summed E-state index contributed by atoms with van der Waals surface area (Å²) in [5.74, 6) is -0.788. The highest BCUT2D eigenvalue weighted by Crippen LogP contribution is 2.27. The minimum atomic E-state index is -1.26. The van der Waals surface area contributed by atoms with Gasteiger partial charge in [-0.3, -0.25) is 9.59 Å². The predicted molar refractivity (Wildman–Crippen MR) is 125 cm³/mol. The van der Waals surface area contributed by atoms with Crippen LogP contribution in [0.1, 0.15) is 78.2 Å². The van der Waals surface area contributed by atoms with Crippen molar-refractivity contribution in [2.24, 2.45) is 5.92 Å². The van der Waals surface area contributed by atoms with E-state index in [1.807, 2.05) is 4.57 Å². The molecule has 2 aromatic rings. The number of ether oxygens (including phenoxy) is 1. The molecule has 1 atom stereocenters. The van der Waals surface area contributed by atoms with Crippen molar-refractivity contribution in [3.8, 4) is 5.75 Å². The summed E-state index contributed by atoms with van der Waals surface area (Å²) in [6.07, 6.45) is 9.58. The van der Waals surface area contributed by atoms with Crippen molar-refractivity contribution in [1.29, 1.82) is 0 Å². The van der Waals surface area contributed by atoms with Crippen molar-refractivity contribution in [2.75, 3.05) is 7.11 Å². The van der Waals surface area contributed by atoms with Gasteiger partial charge in [0.2, 0.25) is 0 Å². The molecule has 176 valence electrons. The Hall–Kier alpha value is -3.09. The first-order valence-corrected chi connectivity index (χ1v) is 11.9. The third-order valence-electron chi connectivity index (χ3n) is 6.98. The topological polar surface area (TPSA) is 97.6 Å². The first-order valence-electron chi connectivity index (χ1n) is 11.9. The molecule has 1 amide bonds. The summed E-state index contributed by atoms with van der Waals surface area (Å²) in [5.41, 5.74) is 2.23. The van der Waals surface area contributed by atoms with Crippen LogP contribution in [-0.4, -0.2) is 28.7 Å². The number of hydrogen-bond acceptors (Lipinski definition) is 4. The summed E-state index contributed by atoms with van der Waals surface area (Å²) in [6, 6.07) is 6.93. The quantitative estimate of drug-likeness (QED) is 0.665. The maximum atomic E-state index is 13.5. The number of methoxy groups -OCH3 is 1. The van der Waals surface area contributed by atoms with E-state index < -0.39 is 17.9 Å². The number of carbonyl (C=O) groups is 2. The largest absolute Gasteiger partial charge is 0.497 e. The Labute approximate surface area is 193 Å². The standard InChI is InChI=1S/C26H32N2O5/c1-33-20-13-11-18(12-14-20)23(26(31)32)27-24(29)21-15-19-9-5-6-10-22(19)28(25(21)30)16-17-7-3-2-4-8-17/h11-15,17,23H,2-10,16H2,1H3,(H,27,29)(H,31,32). The van der Waals surface area contributed by atoms with E-state index in [-0.39, 0.29) is 11.1 Å². The van der Waals surface area contributed by atoms with Gasteiger partial charge in [-0.1, -0.05) is 31.4 Å². The van der Waals surface area contributed by atoms with Gasteiger partial charge in [0.15, 0.2) is 6.04 Å². The SMILES string of the molecule is COc1ccc(C(NC(=O)c2cc3c(n(CC4CCCCC4)c2=O)CCCC3)C(=O)O)cc1. The number of fused-ring (bicyclic) bond motifs is 1. The van der Waals surface area contributed by atoms with Crippen LogP contribution in [0, 0.1) is 5.92 Å². The number of aryl methyl sites for hydroxylation is 1. The van der Waals surface area contributed by atoms with Gasteiger partial charge in [0.1, 0.15) is 11.3 Å². The average molecular weight is 453 g/mol. The number of rotatable bonds is 7. The molecule has 33 heavy (non-hydrogen) atoms. The Kier molecular flexibility index (Phi) is 7.16. The summed E-state index contributed by atoms with van der Waals surface area (Å²) in [4.78, 5) is 38.6. The fraction of sp³-hybridized carbons (Fsp3) is 0.500. The van der Waals surface area contributed by atoms with Gasteiger partial charge in [-0.15, -0.1) is 0 Å². The van der Waals surface area contributed by atoms with E-state index in [9.17, 15) is 19.5 Å². The van der Waals surface area contributed by atoms with Crippen LogP contribution in [0.15, 0.2) is 35.1 Å². The minimum absolute atomic E-state index is 0.0335. The first-order chi connectivity index (χ1) is 16.0. The van der Waals surface area contributed by atoms with Gasteiger partial charge in [-0.2, -0.15) is 0 Å². The van der Waals surface area contributed by atoms with Crippen molar-refractivity contribution in [2.45, 2.75) is 70.4 Å². The van der Waals surface area contributed by atoms with E-state index in [1.165, 1.54) is 26.4 Å². The Balaban J connectivity index is 1.65. The molecule has 0 spiro atoms. The van der Waals surface area contributed by atoms with Crippen molar-refractivity contribution >= 4 is 11.9 Å². The fourth-order valence-corrected chi connectivity index (χ4v) is 5.16. The van der Waals surface area contributed by atoms with E-state index in [2.05, 4.69) is 5.32 Å². The lowest BCUT2D eigenvalue weighted by Crippen LogP contribution is -2.40. The van der Waals surface area contributed by atoms with Gasteiger partial charge in [-0.05, 0) is 73.8 Å². The third-order valence-corrected chi connectivity index (χ3v) is 6.98. The second-order valence-electron chi connectivity index (χ2n) is 9.17. The van der Waals surface area contributed by atoms with Crippen LogP contribution in [0.4, 0.5) is 0 Å². The lowest BCUT2D eigenvalue weighted by molar-refractivity contribution is -0.139. The summed E-state index contributed by atoms with van der Waals surface area (Å²) < 4.78 is 6.95. The second kappa shape index (κ2) is 10.2. The van der Waals surface area contributed by atoms with Crippen LogP contribution in [0.5, 0.6) is 5.75 Å². The number of nitrogens with zero attached hydrogens (tertiary/aromatic N) is 1. The van der Waals surface area contributed by atoms with Gasteiger partial charge in [0, 0.05) is 12.2 Å². The third kappa shape index (κ3) is 5.13. The molecule has 1 fully saturated rings. The molecule has 0 radical (unpaired) electrons. The Bertz CT molecular complexity index is 1070. The number of aromatic nitrogens is 1. The van der Waals surface area contributed by atoms with E-state index in [1.54, 1.807) is 30.3 Å². The number of pyridine rings is 1. The smallest absolute Gasteiger partial charge is 0.330 e. The molecule has 1 saturated carbocycles. The molecule has 0 bridgehead atoms. The monoisotopic (exact) mass is 452 g/mol. The van der Waals surface area contributed by atoms with Gasteiger partial charge in [-0.25, -0.2) is 4.79 Å². The summed E-state index contributed by atoms with van der Waals surface area (Å²) in [6.45, 7) is 0.642. The molecule has 1 heterocycles. The number of amides is 1. The molecular weight excluding hydrogens is 420 g/mol. The molecular formula is C26H32N2O5. The fourth-order valence-electron chi connectivity index (χ4n) is 5.16. The lowest BCUT2D eigenvalue weighted by atomic mass is 9.88. The lowest BCUT2D eigenvalue weighted by Gasteiger charge is -2.27. The number of carbonyl (C=O) groups excluding carboxylic acids is 1. The van der Waals surface area contributed by atoms with Crippen molar-refractivity contribution in [1.82, 2.24) is 9.88 Å². The number of benzene rings is 1. The van der Waals surface area contributed by atoms with Crippen LogP contribution in [0.2, 0.25) is 0 Å². The molecule has 7 nitrogen and oxygen atoms in total. The number of carboxylic acids is 1. The molecule has 1 aromatic heterocycles. The number of aliphatic carboxylic acids is 1.